The second kappa shape index (κ2) is 6.87. The lowest BCUT2D eigenvalue weighted by molar-refractivity contribution is 0.148. The minimum Gasteiger partial charge on any atom is -0.314 e. The van der Waals surface area contributed by atoms with Crippen molar-refractivity contribution in [2.24, 2.45) is 5.92 Å². The van der Waals surface area contributed by atoms with Crippen LogP contribution in [-0.2, 0) is 0 Å². The van der Waals surface area contributed by atoms with Crippen LogP contribution in [0.4, 0.5) is 0 Å². The van der Waals surface area contributed by atoms with E-state index in [2.05, 4.69) is 30.0 Å². The minimum absolute atomic E-state index is 0.712. The van der Waals surface area contributed by atoms with Gasteiger partial charge in [-0.25, -0.2) is 0 Å². The quantitative estimate of drug-likeness (QED) is 0.692. The lowest BCUT2D eigenvalue weighted by Crippen LogP contribution is -2.49. The van der Waals surface area contributed by atoms with E-state index in [0.29, 0.717) is 6.04 Å². The van der Waals surface area contributed by atoms with E-state index in [-0.39, 0.29) is 0 Å². The average molecular weight is 208 g/mol. The minimum atomic E-state index is 0.712. The van der Waals surface area contributed by atoms with Crippen molar-refractivity contribution in [2.75, 3.05) is 26.2 Å². The lowest BCUT2D eigenvalue weighted by Gasteiger charge is -2.38. The molecule has 1 rings (SSSR count). The van der Waals surface area contributed by atoms with Gasteiger partial charge in [-0.3, -0.25) is 4.90 Å². The number of likely N-dealkylation sites (tertiary alicyclic amines) is 1. The van der Waals surface area contributed by atoms with E-state index in [0.717, 1.165) is 25.6 Å². The van der Waals surface area contributed by atoms with Crippen molar-refractivity contribution in [3.63, 3.8) is 0 Å². The highest BCUT2D eigenvalue weighted by atomic mass is 15.1. The standard InChI is InChI=1S/C13H24N2/c1-4-8-14-13-7-10-15(9-5-2)11-12(13)6-3/h2,12-14H,4,6-11H2,1,3H3. The molecule has 1 heterocycles. The van der Waals surface area contributed by atoms with Gasteiger partial charge in [-0.15, -0.1) is 6.42 Å². The molecule has 86 valence electrons. The molecule has 2 nitrogen and oxygen atoms in total. The van der Waals surface area contributed by atoms with Gasteiger partial charge in [-0.05, 0) is 25.3 Å². The number of rotatable bonds is 5. The summed E-state index contributed by atoms with van der Waals surface area (Å²) in [6.45, 7) is 8.80. The molecule has 2 unspecified atom stereocenters. The molecule has 1 fully saturated rings. The molecular weight excluding hydrogens is 184 g/mol. The summed E-state index contributed by atoms with van der Waals surface area (Å²) in [7, 11) is 0. The number of nitrogens with one attached hydrogen (secondary N) is 1. The molecule has 2 heteroatoms. The highest BCUT2D eigenvalue weighted by Crippen LogP contribution is 2.19. The number of nitrogens with zero attached hydrogens (tertiary/aromatic N) is 1. The zero-order valence-corrected chi connectivity index (χ0v) is 10.1. The van der Waals surface area contributed by atoms with Gasteiger partial charge in [0.25, 0.3) is 0 Å². The first-order valence-electron chi connectivity index (χ1n) is 6.21. The molecule has 0 amide bonds. The van der Waals surface area contributed by atoms with E-state index in [1.807, 2.05) is 0 Å². The molecular formula is C13H24N2. The van der Waals surface area contributed by atoms with Crippen molar-refractivity contribution < 1.29 is 0 Å². The van der Waals surface area contributed by atoms with Crippen molar-refractivity contribution in [1.29, 1.82) is 0 Å². The SMILES string of the molecule is C#CCN1CCC(NCCC)C(CC)C1. The highest BCUT2D eigenvalue weighted by molar-refractivity contribution is 4.92. The zero-order chi connectivity index (χ0) is 11.1. The summed E-state index contributed by atoms with van der Waals surface area (Å²) in [6.07, 6.45) is 9.08. The van der Waals surface area contributed by atoms with E-state index in [1.54, 1.807) is 0 Å². The second-order valence-corrected chi connectivity index (χ2v) is 4.46. The van der Waals surface area contributed by atoms with Crippen molar-refractivity contribution in [2.45, 2.75) is 39.2 Å². The Kier molecular flexibility index (Phi) is 5.75. The van der Waals surface area contributed by atoms with Crippen molar-refractivity contribution in [3.8, 4) is 12.3 Å². The van der Waals surface area contributed by atoms with Gasteiger partial charge >= 0.3 is 0 Å². The van der Waals surface area contributed by atoms with Gasteiger partial charge < -0.3 is 5.32 Å². The van der Waals surface area contributed by atoms with Crippen molar-refractivity contribution >= 4 is 0 Å². The second-order valence-electron chi connectivity index (χ2n) is 4.46. The maximum absolute atomic E-state index is 5.35. The lowest BCUT2D eigenvalue weighted by atomic mass is 9.90. The molecule has 0 aromatic carbocycles. The molecule has 0 spiro atoms. The molecule has 0 bridgehead atoms. The van der Waals surface area contributed by atoms with Gasteiger partial charge in [-0.1, -0.05) is 26.2 Å². The van der Waals surface area contributed by atoms with E-state index < -0.39 is 0 Å². The van der Waals surface area contributed by atoms with Crippen LogP contribution < -0.4 is 5.32 Å². The van der Waals surface area contributed by atoms with Gasteiger partial charge in [-0.2, -0.15) is 0 Å². The van der Waals surface area contributed by atoms with Crippen LogP contribution in [0.5, 0.6) is 0 Å². The first-order chi connectivity index (χ1) is 7.31. The zero-order valence-electron chi connectivity index (χ0n) is 10.1. The normalized spacial score (nSPS) is 27.5. The van der Waals surface area contributed by atoms with Crippen LogP contribution in [0, 0.1) is 18.3 Å². The summed E-state index contributed by atoms with van der Waals surface area (Å²) in [6, 6.07) is 0.712. The molecule has 1 aliphatic heterocycles. The molecule has 1 saturated heterocycles. The highest BCUT2D eigenvalue weighted by Gasteiger charge is 2.26. The number of piperidine rings is 1. The summed E-state index contributed by atoms with van der Waals surface area (Å²) in [4.78, 5) is 2.40. The molecule has 0 aromatic heterocycles. The smallest absolute Gasteiger partial charge is 0.0599 e. The Morgan fingerprint density at radius 2 is 2.27 bits per heavy atom. The first-order valence-corrected chi connectivity index (χ1v) is 6.21. The third kappa shape index (κ3) is 3.85. The van der Waals surface area contributed by atoms with E-state index >= 15 is 0 Å². The largest absolute Gasteiger partial charge is 0.314 e. The fraction of sp³-hybridized carbons (Fsp3) is 0.846. The fourth-order valence-corrected chi connectivity index (χ4v) is 2.39. The van der Waals surface area contributed by atoms with Crippen LogP contribution in [0.1, 0.15) is 33.1 Å². The number of hydrogen-bond donors (Lipinski definition) is 1. The summed E-state index contributed by atoms with van der Waals surface area (Å²) in [5.74, 6) is 3.52. The summed E-state index contributed by atoms with van der Waals surface area (Å²) in [5, 5.41) is 3.66. The molecule has 1 N–H and O–H groups in total. The van der Waals surface area contributed by atoms with Crippen LogP contribution in [0.3, 0.4) is 0 Å². The van der Waals surface area contributed by atoms with Crippen LogP contribution in [-0.4, -0.2) is 37.1 Å². The monoisotopic (exact) mass is 208 g/mol. The van der Waals surface area contributed by atoms with E-state index in [4.69, 9.17) is 6.42 Å². The maximum Gasteiger partial charge on any atom is 0.0599 e. The van der Waals surface area contributed by atoms with Gasteiger partial charge in [0.05, 0.1) is 6.54 Å². The maximum atomic E-state index is 5.35. The Balaban J connectivity index is 2.38. The van der Waals surface area contributed by atoms with Gasteiger partial charge in [0.1, 0.15) is 0 Å². The topological polar surface area (TPSA) is 15.3 Å². The molecule has 0 aromatic rings. The van der Waals surface area contributed by atoms with Gasteiger partial charge in [0, 0.05) is 19.1 Å². The third-order valence-corrected chi connectivity index (χ3v) is 3.31. The predicted octanol–water partition coefficient (Wildman–Crippen LogP) is 1.72. The first kappa shape index (κ1) is 12.5. The molecule has 2 atom stereocenters. The van der Waals surface area contributed by atoms with Crippen molar-refractivity contribution in [1.82, 2.24) is 10.2 Å². The van der Waals surface area contributed by atoms with Crippen molar-refractivity contribution in [3.05, 3.63) is 0 Å². The fourth-order valence-electron chi connectivity index (χ4n) is 2.39. The van der Waals surface area contributed by atoms with Crippen LogP contribution in [0.2, 0.25) is 0 Å². The number of hydrogen-bond acceptors (Lipinski definition) is 2. The Morgan fingerprint density at radius 3 is 2.87 bits per heavy atom. The van der Waals surface area contributed by atoms with E-state index in [1.165, 1.54) is 25.8 Å². The Morgan fingerprint density at radius 1 is 1.47 bits per heavy atom. The molecule has 0 aliphatic carbocycles. The Bertz CT molecular complexity index is 207. The Hall–Kier alpha value is -0.520. The number of terminal acetylenes is 1. The van der Waals surface area contributed by atoms with Gasteiger partial charge in [0.2, 0.25) is 0 Å². The molecule has 0 saturated carbocycles. The average Bonchev–Trinajstić information content (AvgIpc) is 2.27. The van der Waals surface area contributed by atoms with Crippen LogP contribution >= 0.6 is 0 Å². The third-order valence-electron chi connectivity index (χ3n) is 3.31. The predicted molar refractivity (Wildman–Crippen MR) is 65.8 cm³/mol. The summed E-state index contributed by atoms with van der Waals surface area (Å²) in [5.41, 5.74) is 0. The summed E-state index contributed by atoms with van der Waals surface area (Å²) < 4.78 is 0. The summed E-state index contributed by atoms with van der Waals surface area (Å²) >= 11 is 0. The molecule has 15 heavy (non-hydrogen) atoms. The molecule has 0 radical (unpaired) electrons. The van der Waals surface area contributed by atoms with Gasteiger partial charge in [0.15, 0.2) is 0 Å². The van der Waals surface area contributed by atoms with E-state index in [9.17, 15) is 0 Å². The van der Waals surface area contributed by atoms with Crippen LogP contribution in [0.15, 0.2) is 0 Å². The molecule has 1 aliphatic rings. The van der Waals surface area contributed by atoms with Crippen LogP contribution in [0.25, 0.3) is 0 Å². The Labute approximate surface area is 94.4 Å².